The fraction of sp³-hybridized carbons (Fsp3) is 0.556. The third kappa shape index (κ3) is 2.00. The molecule has 60 valence electrons. The fourth-order valence-electron chi connectivity index (χ4n) is 1.23. The molecule has 0 saturated carbocycles. The van der Waals surface area contributed by atoms with E-state index in [4.69, 9.17) is 0 Å². The van der Waals surface area contributed by atoms with Crippen molar-refractivity contribution < 1.29 is 4.79 Å². The summed E-state index contributed by atoms with van der Waals surface area (Å²) in [6, 6.07) is 0. The van der Waals surface area contributed by atoms with Crippen LogP contribution in [0, 0.1) is 0 Å². The van der Waals surface area contributed by atoms with E-state index >= 15 is 0 Å². The lowest BCUT2D eigenvalue weighted by molar-refractivity contribution is -0.113. The molecule has 0 spiro atoms. The van der Waals surface area contributed by atoms with E-state index in [2.05, 4.69) is 4.99 Å². The van der Waals surface area contributed by atoms with E-state index in [9.17, 15) is 4.79 Å². The largest absolute Gasteiger partial charge is 0.293 e. The first-order valence-corrected chi connectivity index (χ1v) is 3.95. The molecule has 0 N–H and O–H groups in total. The van der Waals surface area contributed by atoms with E-state index in [1.807, 2.05) is 13.1 Å². The summed E-state index contributed by atoms with van der Waals surface area (Å²) in [6.45, 7) is 3.56. The molecular formula is C9H13NO. The Balaban J connectivity index is 2.91. The van der Waals surface area contributed by atoms with Gasteiger partial charge in [0.2, 0.25) is 0 Å². The number of carbonyl (C=O) groups is 1. The first-order chi connectivity index (χ1) is 5.22. The summed E-state index contributed by atoms with van der Waals surface area (Å²) >= 11 is 0. The third-order valence-corrected chi connectivity index (χ3v) is 1.84. The van der Waals surface area contributed by atoms with Gasteiger partial charge in [-0.05, 0) is 31.8 Å². The van der Waals surface area contributed by atoms with Gasteiger partial charge in [-0.15, -0.1) is 0 Å². The minimum absolute atomic E-state index is 0.0839. The molecule has 1 aliphatic heterocycles. The van der Waals surface area contributed by atoms with Crippen molar-refractivity contribution in [2.75, 3.05) is 0 Å². The molecule has 0 saturated heterocycles. The third-order valence-electron chi connectivity index (χ3n) is 1.84. The monoisotopic (exact) mass is 151 g/mol. The maximum absolute atomic E-state index is 11.0. The lowest BCUT2D eigenvalue weighted by Crippen LogP contribution is -1.96. The van der Waals surface area contributed by atoms with Crippen molar-refractivity contribution in [1.82, 2.24) is 0 Å². The number of ketones is 1. The summed E-state index contributed by atoms with van der Waals surface area (Å²) < 4.78 is 0. The zero-order chi connectivity index (χ0) is 8.27. The molecule has 0 unspecified atom stereocenters. The van der Waals surface area contributed by atoms with Crippen molar-refractivity contribution in [3.63, 3.8) is 0 Å². The van der Waals surface area contributed by atoms with E-state index in [1.54, 1.807) is 6.92 Å². The van der Waals surface area contributed by atoms with Crippen LogP contribution in [0.3, 0.4) is 0 Å². The molecule has 0 bridgehead atoms. The zero-order valence-electron chi connectivity index (χ0n) is 7.05. The molecule has 2 nitrogen and oxygen atoms in total. The van der Waals surface area contributed by atoms with Gasteiger partial charge in [-0.2, -0.15) is 0 Å². The van der Waals surface area contributed by atoms with Crippen LogP contribution >= 0.6 is 0 Å². The highest BCUT2D eigenvalue weighted by molar-refractivity contribution is 5.95. The maximum Gasteiger partial charge on any atom is 0.178 e. The molecule has 11 heavy (non-hydrogen) atoms. The topological polar surface area (TPSA) is 29.4 Å². The van der Waals surface area contributed by atoms with Crippen LogP contribution in [0.25, 0.3) is 0 Å². The van der Waals surface area contributed by atoms with E-state index in [-0.39, 0.29) is 5.78 Å². The fourth-order valence-corrected chi connectivity index (χ4v) is 1.23. The van der Waals surface area contributed by atoms with E-state index in [0.29, 0.717) is 5.70 Å². The lowest BCUT2D eigenvalue weighted by Gasteiger charge is -1.99. The molecule has 1 rings (SSSR count). The number of hydrogen-bond acceptors (Lipinski definition) is 2. The molecule has 0 aromatic rings. The van der Waals surface area contributed by atoms with Crippen LogP contribution in [0.1, 0.15) is 33.1 Å². The number of allylic oxidation sites excluding steroid dienone is 2. The minimum Gasteiger partial charge on any atom is -0.293 e. The van der Waals surface area contributed by atoms with Crippen molar-refractivity contribution in [2.45, 2.75) is 33.1 Å². The number of hydrogen-bond donors (Lipinski definition) is 0. The molecule has 0 aromatic carbocycles. The summed E-state index contributed by atoms with van der Waals surface area (Å²) in [6.07, 6.45) is 4.96. The standard InChI is InChI=1S/C9H13NO/c1-7-5-3-4-6-10-9(7)8(2)11/h6H,3-5H2,1-2H3. The minimum atomic E-state index is 0.0839. The first-order valence-electron chi connectivity index (χ1n) is 3.95. The Morgan fingerprint density at radius 2 is 2.36 bits per heavy atom. The first kappa shape index (κ1) is 8.18. The lowest BCUT2D eigenvalue weighted by atomic mass is 10.1. The van der Waals surface area contributed by atoms with Crippen molar-refractivity contribution in [3.05, 3.63) is 11.3 Å². The van der Waals surface area contributed by atoms with Gasteiger partial charge < -0.3 is 0 Å². The van der Waals surface area contributed by atoms with Gasteiger partial charge in [0.15, 0.2) is 5.78 Å². The van der Waals surface area contributed by atoms with Gasteiger partial charge in [-0.1, -0.05) is 0 Å². The number of nitrogens with zero attached hydrogens (tertiary/aromatic N) is 1. The maximum atomic E-state index is 11.0. The number of rotatable bonds is 1. The van der Waals surface area contributed by atoms with Crippen LogP contribution in [0.15, 0.2) is 16.3 Å². The van der Waals surface area contributed by atoms with Crippen LogP contribution < -0.4 is 0 Å². The van der Waals surface area contributed by atoms with Gasteiger partial charge in [-0.3, -0.25) is 9.79 Å². The Bertz CT molecular complexity index is 226. The van der Waals surface area contributed by atoms with Crippen LogP contribution in [-0.2, 0) is 4.79 Å². The highest BCUT2D eigenvalue weighted by atomic mass is 16.1. The second-order valence-corrected chi connectivity index (χ2v) is 2.89. The molecular weight excluding hydrogens is 138 g/mol. The number of Topliss-reactive ketones (excluding diaryl/α,β-unsaturated/α-hetero) is 1. The average molecular weight is 151 g/mol. The Morgan fingerprint density at radius 3 is 3.00 bits per heavy atom. The van der Waals surface area contributed by atoms with Crippen molar-refractivity contribution in [3.8, 4) is 0 Å². The van der Waals surface area contributed by atoms with Gasteiger partial charge in [-0.25, -0.2) is 0 Å². The summed E-state index contributed by atoms with van der Waals surface area (Å²) in [7, 11) is 0. The van der Waals surface area contributed by atoms with Gasteiger partial charge in [0.25, 0.3) is 0 Å². The highest BCUT2D eigenvalue weighted by Crippen LogP contribution is 2.16. The molecule has 2 heteroatoms. The van der Waals surface area contributed by atoms with Crippen LogP contribution in [0.5, 0.6) is 0 Å². The average Bonchev–Trinajstić information content (AvgIpc) is 2.13. The Morgan fingerprint density at radius 1 is 1.64 bits per heavy atom. The molecule has 1 heterocycles. The Kier molecular flexibility index (Phi) is 2.58. The molecule has 0 fully saturated rings. The van der Waals surface area contributed by atoms with Gasteiger partial charge in [0.05, 0.1) is 0 Å². The van der Waals surface area contributed by atoms with Crippen LogP contribution in [0.4, 0.5) is 0 Å². The van der Waals surface area contributed by atoms with E-state index < -0.39 is 0 Å². The second-order valence-electron chi connectivity index (χ2n) is 2.89. The summed E-state index contributed by atoms with van der Waals surface area (Å²) in [4.78, 5) is 15.1. The summed E-state index contributed by atoms with van der Waals surface area (Å²) in [5, 5.41) is 0. The van der Waals surface area contributed by atoms with Crippen LogP contribution in [0.2, 0.25) is 0 Å². The van der Waals surface area contributed by atoms with Gasteiger partial charge in [0.1, 0.15) is 5.70 Å². The summed E-state index contributed by atoms with van der Waals surface area (Å²) in [5.41, 5.74) is 1.80. The molecule has 0 amide bonds. The number of carbonyl (C=O) groups excluding carboxylic acids is 1. The number of aliphatic imine (C=N–C) groups is 1. The predicted molar refractivity (Wildman–Crippen MR) is 45.7 cm³/mol. The van der Waals surface area contributed by atoms with Crippen molar-refractivity contribution in [1.29, 1.82) is 0 Å². The SMILES string of the molecule is CC(=O)C1=C(C)CCCC=N1. The molecule has 0 atom stereocenters. The predicted octanol–water partition coefficient (Wildman–Crippen LogP) is 2.10. The molecule has 0 radical (unpaired) electrons. The van der Waals surface area contributed by atoms with Gasteiger partial charge >= 0.3 is 0 Å². The van der Waals surface area contributed by atoms with Crippen molar-refractivity contribution >= 4 is 12.0 Å². The zero-order valence-corrected chi connectivity index (χ0v) is 7.05. The quantitative estimate of drug-likeness (QED) is 0.564. The van der Waals surface area contributed by atoms with E-state index in [0.717, 1.165) is 24.8 Å². The smallest absolute Gasteiger partial charge is 0.178 e. The Hall–Kier alpha value is -0.920. The van der Waals surface area contributed by atoms with Crippen LogP contribution in [-0.4, -0.2) is 12.0 Å². The molecule has 0 aromatic heterocycles. The molecule has 0 aliphatic carbocycles. The van der Waals surface area contributed by atoms with Crippen molar-refractivity contribution in [2.24, 2.45) is 4.99 Å². The highest BCUT2D eigenvalue weighted by Gasteiger charge is 2.07. The molecule has 1 aliphatic rings. The van der Waals surface area contributed by atoms with E-state index in [1.165, 1.54) is 0 Å². The second kappa shape index (κ2) is 3.46. The summed E-state index contributed by atoms with van der Waals surface area (Å²) in [5.74, 6) is 0.0839. The normalized spacial score (nSPS) is 18.4. The van der Waals surface area contributed by atoms with Gasteiger partial charge in [0, 0.05) is 13.1 Å². The Labute approximate surface area is 67.0 Å².